The molecule has 0 aliphatic heterocycles. The first kappa shape index (κ1) is 12.9. The third-order valence-electron chi connectivity index (χ3n) is 3.78. The molecule has 106 valence electrons. The van der Waals surface area contributed by atoms with E-state index in [1.165, 1.54) is 25.7 Å². The summed E-state index contributed by atoms with van der Waals surface area (Å²) in [5.74, 6) is 2.42. The molecule has 0 unspecified atom stereocenters. The predicted octanol–water partition coefficient (Wildman–Crippen LogP) is 2.20. The number of hydrogen-bond donors (Lipinski definition) is 1. The lowest BCUT2D eigenvalue weighted by atomic mass is 10.3. The van der Waals surface area contributed by atoms with E-state index in [9.17, 15) is 0 Å². The Morgan fingerprint density at radius 3 is 2.42 bits per heavy atom. The molecule has 0 saturated heterocycles. The molecular weight excluding hydrogens is 240 g/mol. The van der Waals surface area contributed by atoms with E-state index in [1.54, 1.807) is 0 Å². The molecule has 0 atom stereocenters. The zero-order valence-corrected chi connectivity index (χ0v) is 11.8. The number of aromatic nitrogens is 2. The predicted molar refractivity (Wildman–Crippen MR) is 74.0 cm³/mol. The van der Waals surface area contributed by atoms with Crippen LogP contribution in [-0.2, 0) is 6.54 Å². The van der Waals surface area contributed by atoms with Gasteiger partial charge in [0.25, 0.3) is 0 Å². The number of anilines is 1. The molecule has 1 N–H and O–H groups in total. The van der Waals surface area contributed by atoms with Crippen LogP contribution in [0.1, 0.15) is 44.9 Å². The molecule has 2 aliphatic rings. The highest BCUT2D eigenvalue weighted by Crippen LogP contribution is 2.35. The van der Waals surface area contributed by atoms with Crippen molar-refractivity contribution in [3.05, 3.63) is 5.89 Å². The summed E-state index contributed by atoms with van der Waals surface area (Å²) in [6, 6.07) is 0.729. The standard InChI is InChI=1S/C14H24N4O/c1-2-7-15-8-13-16-17-14(19-13)18(9-11-3-4-11)10-12-5-6-12/h11-12,15H,2-10H2,1H3. The lowest BCUT2D eigenvalue weighted by Crippen LogP contribution is -2.28. The highest BCUT2D eigenvalue weighted by Gasteiger charge is 2.31. The molecule has 1 heterocycles. The Labute approximate surface area is 114 Å². The van der Waals surface area contributed by atoms with Crippen molar-refractivity contribution in [3.63, 3.8) is 0 Å². The average molecular weight is 264 g/mol. The van der Waals surface area contributed by atoms with Gasteiger partial charge in [0.2, 0.25) is 5.89 Å². The molecule has 0 radical (unpaired) electrons. The molecule has 0 amide bonds. The normalized spacial score (nSPS) is 18.8. The van der Waals surface area contributed by atoms with Crippen LogP contribution in [0, 0.1) is 11.8 Å². The van der Waals surface area contributed by atoms with Crippen molar-refractivity contribution in [2.24, 2.45) is 11.8 Å². The Balaban J connectivity index is 1.56. The third-order valence-corrected chi connectivity index (χ3v) is 3.78. The van der Waals surface area contributed by atoms with Crippen LogP contribution in [0.15, 0.2) is 4.42 Å². The first-order valence-corrected chi connectivity index (χ1v) is 7.63. The Kier molecular flexibility index (Phi) is 4.01. The summed E-state index contributed by atoms with van der Waals surface area (Å²) in [6.45, 7) is 6.02. The van der Waals surface area contributed by atoms with E-state index in [2.05, 4.69) is 27.3 Å². The topological polar surface area (TPSA) is 54.2 Å². The van der Waals surface area contributed by atoms with Gasteiger partial charge in [-0.05, 0) is 50.5 Å². The van der Waals surface area contributed by atoms with E-state index in [4.69, 9.17) is 4.42 Å². The maximum absolute atomic E-state index is 5.79. The molecule has 3 rings (SSSR count). The summed E-state index contributed by atoms with van der Waals surface area (Å²) >= 11 is 0. The van der Waals surface area contributed by atoms with E-state index in [-0.39, 0.29) is 0 Å². The maximum atomic E-state index is 5.79. The van der Waals surface area contributed by atoms with Gasteiger partial charge < -0.3 is 14.6 Å². The van der Waals surface area contributed by atoms with E-state index >= 15 is 0 Å². The molecule has 2 saturated carbocycles. The van der Waals surface area contributed by atoms with Crippen LogP contribution in [0.2, 0.25) is 0 Å². The fourth-order valence-corrected chi connectivity index (χ4v) is 2.27. The van der Waals surface area contributed by atoms with Crippen molar-refractivity contribution in [1.82, 2.24) is 15.5 Å². The Hall–Kier alpha value is -1.10. The number of nitrogens with zero attached hydrogens (tertiary/aromatic N) is 3. The van der Waals surface area contributed by atoms with Crippen molar-refractivity contribution in [3.8, 4) is 0 Å². The Morgan fingerprint density at radius 2 is 1.84 bits per heavy atom. The summed E-state index contributed by atoms with van der Waals surface area (Å²) in [6.07, 6.45) is 6.57. The molecule has 0 bridgehead atoms. The zero-order chi connectivity index (χ0) is 13.1. The molecular formula is C14H24N4O. The second-order valence-electron chi connectivity index (χ2n) is 5.95. The van der Waals surface area contributed by atoms with Crippen LogP contribution in [0.3, 0.4) is 0 Å². The summed E-state index contributed by atoms with van der Waals surface area (Å²) < 4.78 is 5.79. The molecule has 2 fully saturated rings. The number of rotatable bonds is 9. The van der Waals surface area contributed by atoms with Crippen LogP contribution in [0.4, 0.5) is 6.01 Å². The molecule has 5 heteroatoms. The van der Waals surface area contributed by atoms with Gasteiger partial charge in [-0.1, -0.05) is 12.0 Å². The molecule has 0 aromatic carbocycles. The van der Waals surface area contributed by atoms with Gasteiger partial charge in [0.05, 0.1) is 6.54 Å². The van der Waals surface area contributed by atoms with E-state index < -0.39 is 0 Å². The number of nitrogens with one attached hydrogen (secondary N) is 1. The molecule has 1 aromatic heterocycles. The summed E-state index contributed by atoms with van der Waals surface area (Å²) in [7, 11) is 0. The van der Waals surface area contributed by atoms with Crippen molar-refractivity contribution in [2.75, 3.05) is 24.5 Å². The monoisotopic (exact) mass is 264 g/mol. The van der Waals surface area contributed by atoms with Gasteiger partial charge in [0.1, 0.15) is 0 Å². The lowest BCUT2D eigenvalue weighted by molar-refractivity contribution is 0.455. The van der Waals surface area contributed by atoms with E-state index in [1.807, 2.05) is 0 Å². The van der Waals surface area contributed by atoms with Crippen LogP contribution in [0.25, 0.3) is 0 Å². The minimum absolute atomic E-state index is 0.682. The highest BCUT2D eigenvalue weighted by molar-refractivity contribution is 5.25. The van der Waals surface area contributed by atoms with Gasteiger partial charge in [0.15, 0.2) is 0 Å². The van der Waals surface area contributed by atoms with E-state index in [0.717, 1.165) is 43.9 Å². The van der Waals surface area contributed by atoms with Crippen molar-refractivity contribution in [2.45, 2.75) is 45.6 Å². The van der Waals surface area contributed by atoms with E-state index in [0.29, 0.717) is 12.4 Å². The summed E-state index contributed by atoms with van der Waals surface area (Å²) in [5, 5.41) is 11.7. The molecule has 1 aromatic rings. The molecule has 2 aliphatic carbocycles. The lowest BCUT2D eigenvalue weighted by Gasteiger charge is -2.19. The summed E-state index contributed by atoms with van der Waals surface area (Å²) in [4.78, 5) is 2.31. The smallest absolute Gasteiger partial charge is 0.318 e. The second-order valence-corrected chi connectivity index (χ2v) is 5.95. The Morgan fingerprint density at radius 1 is 1.16 bits per heavy atom. The fourth-order valence-electron chi connectivity index (χ4n) is 2.27. The van der Waals surface area contributed by atoms with Crippen LogP contribution >= 0.6 is 0 Å². The minimum atomic E-state index is 0.682. The largest absolute Gasteiger partial charge is 0.407 e. The fraction of sp³-hybridized carbons (Fsp3) is 0.857. The highest BCUT2D eigenvalue weighted by atomic mass is 16.4. The number of hydrogen-bond acceptors (Lipinski definition) is 5. The van der Waals surface area contributed by atoms with Gasteiger partial charge in [-0.3, -0.25) is 0 Å². The first-order chi connectivity index (χ1) is 9.35. The zero-order valence-electron chi connectivity index (χ0n) is 11.8. The van der Waals surface area contributed by atoms with Crippen LogP contribution in [0.5, 0.6) is 0 Å². The van der Waals surface area contributed by atoms with Crippen LogP contribution < -0.4 is 10.2 Å². The van der Waals surface area contributed by atoms with Gasteiger partial charge in [-0.2, -0.15) is 0 Å². The summed E-state index contributed by atoms with van der Waals surface area (Å²) in [5.41, 5.74) is 0. The van der Waals surface area contributed by atoms with Gasteiger partial charge in [-0.15, -0.1) is 5.10 Å². The van der Waals surface area contributed by atoms with Crippen molar-refractivity contribution < 1.29 is 4.42 Å². The second kappa shape index (κ2) is 5.90. The molecule has 0 spiro atoms. The Bertz CT molecular complexity index is 384. The molecule has 5 nitrogen and oxygen atoms in total. The van der Waals surface area contributed by atoms with Crippen molar-refractivity contribution in [1.29, 1.82) is 0 Å². The maximum Gasteiger partial charge on any atom is 0.318 e. The first-order valence-electron chi connectivity index (χ1n) is 7.63. The SMILES string of the molecule is CCCNCc1nnc(N(CC2CC2)CC2CC2)o1. The minimum Gasteiger partial charge on any atom is -0.407 e. The quantitative estimate of drug-likeness (QED) is 0.693. The molecule has 19 heavy (non-hydrogen) atoms. The van der Waals surface area contributed by atoms with Crippen molar-refractivity contribution >= 4 is 6.01 Å². The third kappa shape index (κ3) is 3.93. The average Bonchev–Trinajstić information content (AvgIpc) is 3.33. The van der Waals surface area contributed by atoms with Gasteiger partial charge in [-0.25, -0.2) is 0 Å². The van der Waals surface area contributed by atoms with Crippen LogP contribution in [-0.4, -0.2) is 29.8 Å². The van der Waals surface area contributed by atoms with Gasteiger partial charge >= 0.3 is 6.01 Å². The van der Waals surface area contributed by atoms with Gasteiger partial charge in [0, 0.05) is 13.1 Å².